The van der Waals surface area contributed by atoms with Gasteiger partial charge in [-0.2, -0.15) is 0 Å². The van der Waals surface area contributed by atoms with Crippen LogP contribution in [0.5, 0.6) is 0 Å². The molecule has 0 aromatic rings. The minimum atomic E-state index is -4.67. The lowest BCUT2D eigenvalue weighted by Gasteiger charge is -2.05. The Bertz CT molecular complexity index is 231. The highest BCUT2D eigenvalue weighted by Gasteiger charge is 2.36. The number of rotatable bonds is 6. The third-order valence-electron chi connectivity index (χ3n) is 1.29. The van der Waals surface area contributed by atoms with E-state index in [1.54, 1.807) is 0 Å². The Morgan fingerprint density at radius 1 is 1.08 bits per heavy atom. The average molecular weight is 214 g/mol. The van der Waals surface area contributed by atoms with Gasteiger partial charge in [0.05, 0.1) is 13.3 Å². The fourth-order valence-electron chi connectivity index (χ4n) is 0.604. The minimum absolute atomic E-state index is 0.786. The first-order valence-electron chi connectivity index (χ1n) is 3.48. The molecule has 0 rings (SSSR count). The first-order valence-corrected chi connectivity index (χ1v) is 5.14. The molecule has 1 N–H and O–H groups in total. The van der Waals surface area contributed by atoms with Crippen LogP contribution in [0.3, 0.4) is 0 Å². The Labute approximate surface area is 73.4 Å². The van der Waals surface area contributed by atoms with E-state index in [1.165, 1.54) is 0 Å². The second-order valence-corrected chi connectivity index (χ2v) is 4.39. The Morgan fingerprint density at radius 3 is 1.62 bits per heavy atom. The lowest BCUT2D eigenvalue weighted by atomic mass is 10.5. The van der Waals surface area contributed by atoms with E-state index in [9.17, 15) is 22.9 Å². The Morgan fingerprint density at radius 2 is 1.38 bits per heavy atom. The molecule has 0 aromatic carbocycles. The van der Waals surface area contributed by atoms with Gasteiger partial charge in [0.15, 0.2) is 0 Å². The largest absolute Gasteiger partial charge is 0.334 e. The molecule has 0 atom stereocenters. The summed E-state index contributed by atoms with van der Waals surface area (Å²) in [4.78, 5) is 30.2. The van der Waals surface area contributed by atoms with Gasteiger partial charge in [0.1, 0.15) is 0 Å². The van der Waals surface area contributed by atoms with Crippen molar-refractivity contribution in [2.24, 2.45) is 0 Å². The maximum absolute atomic E-state index is 11.6. The maximum Gasteiger partial charge on any atom is 0.328 e. The Balaban J connectivity index is 4.46. The highest BCUT2D eigenvalue weighted by molar-refractivity contribution is 7.89. The van der Waals surface area contributed by atoms with Gasteiger partial charge in [0.2, 0.25) is 11.0 Å². The minimum Gasteiger partial charge on any atom is -0.334 e. The number of carbonyl (C=O) groups excluding carboxylic acids is 2. The SMILES string of the molecule is O=C(CCF)P(=O)(O)C(=O)CCF. The van der Waals surface area contributed by atoms with Crippen molar-refractivity contribution in [2.45, 2.75) is 12.8 Å². The number of alkyl halides is 2. The van der Waals surface area contributed by atoms with E-state index >= 15 is 0 Å². The second-order valence-electron chi connectivity index (χ2n) is 2.24. The lowest BCUT2D eigenvalue weighted by molar-refractivity contribution is -0.116. The van der Waals surface area contributed by atoms with Gasteiger partial charge in [-0.15, -0.1) is 0 Å². The fourth-order valence-corrected chi connectivity index (χ4v) is 1.66. The van der Waals surface area contributed by atoms with Gasteiger partial charge < -0.3 is 4.89 Å². The zero-order chi connectivity index (χ0) is 10.5. The summed E-state index contributed by atoms with van der Waals surface area (Å²) in [5, 5.41) is 0. The summed E-state index contributed by atoms with van der Waals surface area (Å²) in [7, 11) is -4.67. The zero-order valence-corrected chi connectivity index (χ0v) is 7.60. The molecule has 0 aliphatic carbocycles. The molecule has 0 bridgehead atoms. The van der Waals surface area contributed by atoms with Crippen LogP contribution in [0.1, 0.15) is 12.8 Å². The van der Waals surface area contributed by atoms with Crippen LogP contribution < -0.4 is 0 Å². The van der Waals surface area contributed by atoms with Gasteiger partial charge in [-0.1, -0.05) is 0 Å². The van der Waals surface area contributed by atoms with E-state index in [4.69, 9.17) is 4.89 Å². The van der Waals surface area contributed by atoms with Crippen LogP contribution in [-0.2, 0) is 14.2 Å². The number of halogens is 2. The van der Waals surface area contributed by atoms with Crippen molar-refractivity contribution >= 4 is 18.4 Å². The van der Waals surface area contributed by atoms with Gasteiger partial charge in [-0.3, -0.25) is 22.9 Å². The summed E-state index contributed by atoms with van der Waals surface area (Å²) in [6, 6.07) is 0. The molecule has 76 valence electrons. The standard InChI is InChI=1S/C6H9F2O4P/c7-3-1-5(9)13(11,12)6(10)2-4-8/h1-4H2,(H,11,12). The van der Waals surface area contributed by atoms with Crippen LogP contribution in [0.4, 0.5) is 8.78 Å². The van der Waals surface area contributed by atoms with Gasteiger partial charge >= 0.3 is 7.37 Å². The summed E-state index contributed by atoms with van der Waals surface area (Å²) in [6.45, 7) is -2.21. The molecule has 0 heterocycles. The molecule has 0 aliphatic heterocycles. The van der Waals surface area contributed by atoms with Gasteiger partial charge in [0.25, 0.3) is 0 Å². The quantitative estimate of drug-likeness (QED) is 0.670. The van der Waals surface area contributed by atoms with Crippen LogP contribution in [0.25, 0.3) is 0 Å². The van der Waals surface area contributed by atoms with Crippen LogP contribution in [-0.4, -0.2) is 29.3 Å². The van der Waals surface area contributed by atoms with Gasteiger partial charge in [0, 0.05) is 12.8 Å². The predicted molar refractivity (Wildman–Crippen MR) is 41.0 cm³/mol. The molecule has 0 saturated heterocycles. The molecule has 0 spiro atoms. The molecular weight excluding hydrogens is 205 g/mol. The average Bonchev–Trinajstić information content (AvgIpc) is 2.05. The topological polar surface area (TPSA) is 71.4 Å². The lowest BCUT2D eigenvalue weighted by Crippen LogP contribution is -2.10. The van der Waals surface area contributed by atoms with E-state index in [2.05, 4.69) is 0 Å². The highest BCUT2D eigenvalue weighted by Crippen LogP contribution is 2.44. The van der Waals surface area contributed by atoms with Crippen LogP contribution in [0.2, 0.25) is 0 Å². The monoisotopic (exact) mass is 214 g/mol. The highest BCUT2D eigenvalue weighted by atomic mass is 31.2. The van der Waals surface area contributed by atoms with Gasteiger partial charge in [-0.05, 0) is 0 Å². The Kier molecular flexibility index (Phi) is 4.95. The van der Waals surface area contributed by atoms with Crippen LogP contribution in [0, 0.1) is 0 Å². The predicted octanol–water partition coefficient (Wildman–Crippen LogP) is 1.03. The summed E-state index contributed by atoms with van der Waals surface area (Å²) in [5.74, 6) is 0. The van der Waals surface area contributed by atoms with E-state index in [0.717, 1.165) is 0 Å². The Hall–Kier alpha value is -0.610. The first kappa shape index (κ1) is 12.4. The van der Waals surface area contributed by atoms with Crippen molar-refractivity contribution in [3.63, 3.8) is 0 Å². The summed E-state index contributed by atoms with van der Waals surface area (Å²) in [5.41, 5.74) is -2.71. The van der Waals surface area contributed by atoms with Crippen molar-refractivity contribution < 1.29 is 27.8 Å². The van der Waals surface area contributed by atoms with E-state index in [1.807, 2.05) is 0 Å². The molecule has 0 fully saturated rings. The molecular formula is C6H9F2O4P. The van der Waals surface area contributed by atoms with Crippen LogP contribution in [0.15, 0.2) is 0 Å². The molecule has 0 saturated carbocycles. The van der Waals surface area contributed by atoms with Crippen molar-refractivity contribution in [1.82, 2.24) is 0 Å². The summed E-state index contributed by atoms with van der Waals surface area (Å²) in [6.07, 6.45) is -1.57. The molecule has 0 radical (unpaired) electrons. The van der Waals surface area contributed by atoms with E-state index in [0.29, 0.717) is 0 Å². The summed E-state index contributed by atoms with van der Waals surface area (Å²) < 4.78 is 34.1. The molecule has 13 heavy (non-hydrogen) atoms. The first-order chi connectivity index (χ1) is 5.96. The summed E-state index contributed by atoms with van der Waals surface area (Å²) >= 11 is 0. The van der Waals surface area contributed by atoms with E-state index < -0.39 is 44.6 Å². The molecule has 0 amide bonds. The molecule has 4 nitrogen and oxygen atoms in total. The number of carbonyl (C=O) groups is 2. The molecule has 0 aliphatic rings. The number of hydrogen-bond donors (Lipinski definition) is 1. The van der Waals surface area contributed by atoms with Crippen molar-refractivity contribution in [3.05, 3.63) is 0 Å². The van der Waals surface area contributed by atoms with Crippen molar-refractivity contribution in [1.29, 1.82) is 0 Å². The maximum atomic E-state index is 11.6. The molecule has 0 aromatic heterocycles. The number of hydrogen-bond acceptors (Lipinski definition) is 3. The van der Waals surface area contributed by atoms with Crippen LogP contribution >= 0.6 is 7.37 Å². The third kappa shape index (κ3) is 3.32. The molecule has 7 heteroatoms. The fraction of sp³-hybridized carbons (Fsp3) is 0.667. The smallest absolute Gasteiger partial charge is 0.328 e. The van der Waals surface area contributed by atoms with Crippen molar-refractivity contribution in [2.75, 3.05) is 13.3 Å². The van der Waals surface area contributed by atoms with Gasteiger partial charge in [-0.25, -0.2) is 0 Å². The van der Waals surface area contributed by atoms with E-state index in [-0.39, 0.29) is 0 Å². The normalized spacial score (nSPS) is 11.3. The zero-order valence-electron chi connectivity index (χ0n) is 6.70. The second kappa shape index (κ2) is 5.19. The molecule has 0 unspecified atom stereocenters. The third-order valence-corrected chi connectivity index (χ3v) is 3.09. The van der Waals surface area contributed by atoms with Crippen molar-refractivity contribution in [3.8, 4) is 0 Å².